The number of allylic oxidation sites excluding steroid dienone is 4. The minimum Gasteiger partial charge on any atom is -0.336 e. The van der Waals surface area contributed by atoms with Crippen LogP contribution in [0.5, 0.6) is 0 Å². The Hall–Kier alpha value is -1.98. The highest BCUT2D eigenvalue weighted by Gasteiger charge is 2.18. The second kappa shape index (κ2) is 6.64. The van der Waals surface area contributed by atoms with Crippen molar-refractivity contribution in [3.63, 3.8) is 0 Å². The molecule has 0 saturated heterocycles. The molecule has 2 radical (unpaired) electrons. The Morgan fingerprint density at radius 1 is 1.39 bits per heavy atom. The predicted octanol–water partition coefficient (Wildman–Crippen LogP) is 2.83. The van der Waals surface area contributed by atoms with Gasteiger partial charge in [-0.15, -0.1) is 0 Å². The van der Waals surface area contributed by atoms with E-state index in [1.165, 1.54) is 17.3 Å². The third-order valence-corrected chi connectivity index (χ3v) is 5.30. The first-order valence-corrected chi connectivity index (χ1v) is 8.75. The predicted molar refractivity (Wildman–Crippen MR) is 93.2 cm³/mol. The molecule has 23 heavy (non-hydrogen) atoms. The van der Waals surface area contributed by atoms with E-state index in [1.807, 2.05) is 6.20 Å². The maximum Gasteiger partial charge on any atom is 0.258 e. The zero-order valence-corrected chi connectivity index (χ0v) is 14.3. The summed E-state index contributed by atoms with van der Waals surface area (Å²) in [6.07, 6.45) is 9.07. The van der Waals surface area contributed by atoms with Gasteiger partial charge in [-0.1, -0.05) is 30.3 Å². The summed E-state index contributed by atoms with van der Waals surface area (Å²) < 4.78 is 15.3. The summed E-state index contributed by atoms with van der Waals surface area (Å²) >= 11 is 0. The molecular formula is C18H19FN2OSi. The zero-order chi connectivity index (χ0) is 16.4. The maximum atomic E-state index is 13.7. The molecule has 0 unspecified atom stereocenters. The lowest BCUT2D eigenvalue weighted by atomic mass is 9.90. The fourth-order valence-corrected chi connectivity index (χ4v) is 3.86. The van der Waals surface area contributed by atoms with E-state index in [0.29, 0.717) is 15.1 Å². The van der Waals surface area contributed by atoms with Gasteiger partial charge in [0.25, 0.3) is 5.56 Å². The molecule has 0 bridgehead atoms. The highest BCUT2D eigenvalue weighted by atomic mass is 28.2. The summed E-state index contributed by atoms with van der Waals surface area (Å²) in [7, 11) is 2.35. The molecule has 118 valence electrons. The topological polar surface area (TPSA) is 34.0 Å². The number of rotatable bonds is 4. The van der Waals surface area contributed by atoms with Crippen LogP contribution in [0.1, 0.15) is 24.8 Å². The summed E-state index contributed by atoms with van der Waals surface area (Å²) in [5.41, 5.74) is 0.915. The van der Waals surface area contributed by atoms with Gasteiger partial charge in [0.2, 0.25) is 0 Å². The van der Waals surface area contributed by atoms with Crippen molar-refractivity contribution >= 4 is 20.5 Å². The second-order valence-corrected chi connectivity index (χ2v) is 6.98. The molecule has 3 nitrogen and oxygen atoms in total. The molecule has 1 aliphatic carbocycles. The zero-order valence-electron chi connectivity index (χ0n) is 13.3. The molecule has 2 aromatic rings. The first-order valence-electron chi connectivity index (χ1n) is 7.75. The van der Waals surface area contributed by atoms with Gasteiger partial charge in [0.1, 0.15) is 5.82 Å². The van der Waals surface area contributed by atoms with Gasteiger partial charge in [-0.05, 0) is 42.1 Å². The van der Waals surface area contributed by atoms with Gasteiger partial charge < -0.3 is 9.55 Å². The van der Waals surface area contributed by atoms with Gasteiger partial charge in [-0.2, -0.15) is 0 Å². The van der Waals surface area contributed by atoms with Crippen molar-refractivity contribution in [2.24, 2.45) is 7.05 Å². The van der Waals surface area contributed by atoms with Gasteiger partial charge in [0.15, 0.2) is 9.68 Å². The van der Waals surface area contributed by atoms with Crippen molar-refractivity contribution in [2.75, 3.05) is 6.54 Å². The smallest absolute Gasteiger partial charge is 0.258 e. The monoisotopic (exact) mass is 326 g/mol. The molecule has 1 heterocycles. The highest BCUT2D eigenvalue weighted by molar-refractivity contribution is 6.42. The van der Waals surface area contributed by atoms with E-state index < -0.39 is 0 Å². The lowest BCUT2D eigenvalue weighted by Crippen LogP contribution is -2.23. The number of aromatic nitrogens is 1. The van der Waals surface area contributed by atoms with Crippen molar-refractivity contribution in [3.05, 3.63) is 69.6 Å². The SMILES string of the molecule is CCN[Si]C1=CC=C[C@@H](c2cn(C)c(=O)c3ccc(F)cc23)C1. The van der Waals surface area contributed by atoms with Crippen LogP contribution in [0.4, 0.5) is 4.39 Å². The van der Waals surface area contributed by atoms with Crippen LogP contribution >= 0.6 is 0 Å². The quantitative estimate of drug-likeness (QED) is 0.877. The van der Waals surface area contributed by atoms with E-state index in [-0.39, 0.29) is 17.3 Å². The largest absolute Gasteiger partial charge is 0.336 e. The molecular weight excluding hydrogens is 307 g/mol. The fraction of sp³-hybridized carbons (Fsp3) is 0.278. The molecule has 1 N–H and O–H groups in total. The first kappa shape index (κ1) is 15.9. The van der Waals surface area contributed by atoms with Gasteiger partial charge in [-0.25, -0.2) is 4.39 Å². The number of nitrogens with one attached hydrogen (secondary N) is 1. The molecule has 5 heteroatoms. The third kappa shape index (κ3) is 3.21. The number of nitrogens with zero attached hydrogens (tertiary/aromatic N) is 1. The maximum absolute atomic E-state index is 13.7. The molecule has 1 aliphatic rings. The molecule has 0 spiro atoms. The molecule has 1 atom stereocenters. The van der Waals surface area contributed by atoms with Crippen molar-refractivity contribution in [2.45, 2.75) is 19.3 Å². The Labute approximate surface area is 137 Å². The molecule has 0 fully saturated rings. The van der Waals surface area contributed by atoms with E-state index in [1.54, 1.807) is 17.7 Å². The Morgan fingerprint density at radius 3 is 3.00 bits per heavy atom. The van der Waals surface area contributed by atoms with Crippen LogP contribution < -0.4 is 10.5 Å². The van der Waals surface area contributed by atoms with Crippen LogP contribution in [0.15, 0.2) is 52.6 Å². The van der Waals surface area contributed by atoms with Crippen LogP contribution in [0.2, 0.25) is 0 Å². The molecule has 3 rings (SSSR count). The van der Waals surface area contributed by atoms with E-state index in [2.05, 4.69) is 30.1 Å². The van der Waals surface area contributed by atoms with Crippen LogP contribution in [0, 0.1) is 5.82 Å². The van der Waals surface area contributed by atoms with Crippen molar-refractivity contribution < 1.29 is 4.39 Å². The number of hydrogen-bond acceptors (Lipinski definition) is 2. The number of halogens is 1. The fourth-order valence-electron chi connectivity index (χ4n) is 2.95. The van der Waals surface area contributed by atoms with E-state index in [9.17, 15) is 9.18 Å². The van der Waals surface area contributed by atoms with Gasteiger partial charge in [-0.3, -0.25) is 4.79 Å². The summed E-state index contributed by atoms with van der Waals surface area (Å²) in [4.78, 5) is 15.6. The Bertz CT molecular complexity index is 854. The molecule has 0 saturated carbocycles. The Morgan fingerprint density at radius 2 is 2.22 bits per heavy atom. The number of hydrogen-bond donors (Lipinski definition) is 1. The standard InChI is InChI=1S/C18H19FN2OSi/c1-3-20-23-14-6-4-5-12(9-14)17-11-21(2)18(22)15-8-7-13(19)10-16(15)17/h4-8,10-12,20H,3,9H2,1-2H3/t12-/m1/s1. The normalized spacial score (nSPS) is 17.5. The summed E-state index contributed by atoms with van der Waals surface area (Å²) in [5, 5.41) is 2.64. The number of aryl methyl sites for hydroxylation is 1. The number of benzene rings is 1. The van der Waals surface area contributed by atoms with Crippen LogP contribution in [-0.2, 0) is 7.05 Å². The molecule has 1 aromatic heterocycles. The minimum absolute atomic E-state index is 0.0890. The van der Waals surface area contributed by atoms with Gasteiger partial charge >= 0.3 is 0 Å². The van der Waals surface area contributed by atoms with Crippen LogP contribution in [0.3, 0.4) is 0 Å². The molecule has 0 aliphatic heterocycles. The third-order valence-electron chi connectivity index (χ3n) is 4.08. The van der Waals surface area contributed by atoms with E-state index >= 15 is 0 Å². The lowest BCUT2D eigenvalue weighted by molar-refractivity contribution is 0.629. The van der Waals surface area contributed by atoms with E-state index in [0.717, 1.165) is 23.9 Å². The van der Waals surface area contributed by atoms with Crippen LogP contribution in [-0.4, -0.2) is 20.8 Å². The van der Waals surface area contributed by atoms with Crippen molar-refractivity contribution in [3.8, 4) is 0 Å². The first-order chi connectivity index (χ1) is 11.1. The average molecular weight is 326 g/mol. The minimum atomic E-state index is -0.308. The summed E-state index contributed by atoms with van der Waals surface area (Å²) in [5.74, 6) is -0.144. The van der Waals surface area contributed by atoms with Crippen molar-refractivity contribution in [1.82, 2.24) is 9.55 Å². The molecule has 0 amide bonds. The Balaban J connectivity index is 2.05. The van der Waals surface area contributed by atoms with Gasteiger partial charge in [0, 0.05) is 24.5 Å². The summed E-state index contributed by atoms with van der Waals surface area (Å²) in [6, 6.07) is 4.41. The lowest BCUT2D eigenvalue weighted by Gasteiger charge is -2.21. The van der Waals surface area contributed by atoms with E-state index in [4.69, 9.17) is 0 Å². The molecule has 1 aromatic carbocycles. The second-order valence-electron chi connectivity index (χ2n) is 5.73. The van der Waals surface area contributed by atoms with Crippen LogP contribution in [0.25, 0.3) is 10.8 Å². The Kier molecular flexibility index (Phi) is 4.59. The number of fused-ring (bicyclic) bond motifs is 1. The number of pyridine rings is 1. The van der Waals surface area contributed by atoms with Crippen molar-refractivity contribution in [1.29, 1.82) is 0 Å². The highest BCUT2D eigenvalue weighted by Crippen LogP contribution is 2.32. The summed E-state index contributed by atoms with van der Waals surface area (Å²) in [6.45, 7) is 3.03. The average Bonchev–Trinajstić information content (AvgIpc) is 2.56. The van der Waals surface area contributed by atoms with Gasteiger partial charge in [0.05, 0.1) is 0 Å².